The van der Waals surface area contributed by atoms with Crippen LogP contribution in [-0.4, -0.2) is 24.1 Å². The smallest absolute Gasteiger partial charge is 0.164 e. The Bertz CT molecular complexity index is 4140. The Morgan fingerprint density at radius 3 is 0.947 bits per heavy atom. The number of para-hydroxylation sites is 6. The van der Waals surface area contributed by atoms with Crippen molar-refractivity contribution in [1.82, 2.24) is 24.1 Å². The van der Waals surface area contributed by atoms with Gasteiger partial charge >= 0.3 is 0 Å². The molecule has 0 spiro atoms. The molecule has 76 heavy (non-hydrogen) atoms. The zero-order chi connectivity index (χ0) is 50.2. The summed E-state index contributed by atoms with van der Waals surface area (Å²) in [6.45, 7) is 0. The highest BCUT2D eigenvalue weighted by Crippen LogP contribution is 2.79. The minimum absolute atomic E-state index is 0.569. The Morgan fingerprint density at radius 1 is 0.263 bits per heavy atom. The third-order valence-corrected chi connectivity index (χ3v) is 18.9. The molecule has 0 saturated heterocycles. The van der Waals surface area contributed by atoms with Crippen molar-refractivity contribution >= 4 is 70.7 Å². The number of benzene rings is 11. The minimum atomic E-state index is -2.08. The Morgan fingerprint density at radius 2 is 0.566 bits per heavy atom. The van der Waals surface area contributed by atoms with E-state index in [1.807, 2.05) is 36.4 Å². The van der Waals surface area contributed by atoms with Gasteiger partial charge in [0.15, 0.2) is 17.5 Å². The van der Waals surface area contributed by atoms with Gasteiger partial charge in [0, 0.05) is 57.8 Å². The molecule has 1 aliphatic rings. The third-order valence-electron chi connectivity index (χ3n) is 15.0. The van der Waals surface area contributed by atoms with Crippen LogP contribution in [0.15, 0.2) is 299 Å². The van der Waals surface area contributed by atoms with Crippen molar-refractivity contribution in [3.63, 3.8) is 0 Å². The second-order valence-electron chi connectivity index (χ2n) is 19.2. The van der Waals surface area contributed by atoms with Crippen LogP contribution in [0.3, 0.4) is 0 Å². The van der Waals surface area contributed by atoms with Crippen LogP contribution in [-0.2, 0) is 0 Å². The van der Waals surface area contributed by atoms with Crippen molar-refractivity contribution in [2.24, 2.45) is 0 Å². The van der Waals surface area contributed by atoms with E-state index in [1.165, 1.54) is 41.1 Å². The second-order valence-corrected chi connectivity index (χ2v) is 22.2. The summed E-state index contributed by atoms with van der Waals surface area (Å²) in [5, 5.41) is 4.67. The lowest BCUT2D eigenvalue weighted by Gasteiger charge is -2.50. The van der Waals surface area contributed by atoms with Crippen LogP contribution < -0.4 is 4.90 Å². The molecule has 0 saturated carbocycles. The highest BCUT2D eigenvalue weighted by atomic mass is 32.3. The maximum absolute atomic E-state index is 5.44. The molecule has 0 aliphatic carbocycles. The summed E-state index contributed by atoms with van der Waals surface area (Å²) in [7, 11) is -2.08. The summed E-state index contributed by atoms with van der Waals surface area (Å²) in [6, 6.07) is 101. The molecular formula is C69H46N6S. The molecule has 6 nitrogen and oxygen atoms in total. The van der Waals surface area contributed by atoms with Crippen molar-refractivity contribution in [2.45, 2.75) is 19.6 Å². The fourth-order valence-corrected chi connectivity index (χ4v) is 16.0. The Labute approximate surface area is 441 Å². The third kappa shape index (κ3) is 6.66. The molecule has 3 aromatic heterocycles. The number of anilines is 3. The summed E-state index contributed by atoms with van der Waals surface area (Å²) < 4.78 is 4.96. The van der Waals surface area contributed by atoms with E-state index in [2.05, 4.69) is 257 Å². The van der Waals surface area contributed by atoms with E-state index in [4.69, 9.17) is 15.0 Å². The van der Waals surface area contributed by atoms with E-state index in [0.29, 0.717) is 17.5 Å². The lowest BCUT2D eigenvalue weighted by Crippen LogP contribution is -2.24. The standard InChI is InChI=1S/C69H46N6S/c1-5-25-47(26-6-1)67-70-68(48-27-7-2-8-28-48)72-69(71-67)49-45-62(73-56-37-17-13-33-52(56)53-34-14-18-38-57(53)73)66(63(46-49)74-58-39-19-15-35-54(58)55-36-16-20-40-59(55)74)75-60-41-21-23-43-64(60)76(50-29-9-3-10-30-50,51-31-11-4-12-32-51)65-44-24-22-42-61(65)75/h1-46H. The molecule has 0 amide bonds. The molecular weight excluding hydrogens is 945 g/mol. The topological polar surface area (TPSA) is 51.8 Å². The maximum Gasteiger partial charge on any atom is 0.164 e. The number of aromatic nitrogens is 5. The zero-order valence-corrected chi connectivity index (χ0v) is 42.0. The van der Waals surface area contributed by atoms with Gasteiger partial charge in [0.1, 0.15) is 0 Å². The molecule has 0 N–H and O–H groups in total. The van der Waals surface area contributed by atoms with E-state index in [0.717, 1.165) is 67.2 Å². The molecule has 4 heterocycles. The van der Waals surface area contributed by atoms with Crippen molar-refractivity contribution in [1.29, 1.82) is 0 Å². The van der Waals surface area contributed by atoms with E-state index in [9.17, 15) is 0 Å². The summed E-state index contributed by atoms with van der Waals surface area (Å²) in [5.41, 5.74) is 12.2. The molecule has 358 valence electrons. The molecule has 0 unspecified atom stereocenters. The Kier molecular flexibility index (Phi) is 10.2. The van der Waals surface area contributed by atoms with Gasteiger partial charge in [0.05, 0.1) is 50.5 Å². The van der Waals surface area contributed by atoms with Crippen molar-refractivity contribution < 1.29 is 0 Å². The first-order valence-electron chi connectivity index (χ1n) is 25.7. The minimum Gasteiger partial charge on any atom is -0.307 e. The summed E-state index contributed by atoms with van der Waals surface area (Å²) in [6.07, 6.45) is 0. The molecule has 0 bridgehead atoms. The van der Waals surface area contributed by atoms with Crippen LogP contribution in [0.2, 0.25) is 0 Å². The first-order valence-corrected chi connectivity index (χ1v) is 27.3. The van der Waals surface area contributed by atoms with Gasteiger partial charge in [-0.25, -0.2) is 15.0 Å². The second kappa shape index (κ2) is 17.7. The van der Waals surface area contributed by atoms with E-state index < -0.39 is 10.0 Å². The fraction of sp³-hybridized carbons (Fsp3) is 0. The monoisotopic (exact) mass is 990 g/mol. The fourth-order valence-electron chi connectivity index (χ4n) is 11.8. The highest BCUT2D eigenvalue weighted by molar-refractivity contribution is 8.34. The highest BCUT2D eigenvalue weighted by Gasteiger charge is 2.44. The molecule has 15 rings (SSSR count). The van der Waals surface area contributed by atoms with E-state index >= 15 is 0 Å². The van der Waals surface area contributed by atoms with Crippen LogP contribution in [0.4, 0.5) is 17.1 Å². The maximum atomic E-state index is 5.44. The molecule has 0 fully saturated rings. The summed E-state index contributed by atoms with van der Waals surface area (Å²) >= 11 is 0. The quantitative estimate of drug-likeness (QED) is 0.152. The van der Waals surface area contributed by atoms with Crippen LogP contribution in [0.5, 0.6) is 0 Å². The van der Waals surface area contributed by atoms with Crippen molar-refractivity contribution in [3.05, 3.63) is 279 Å². The number of hydrogen-bond donors (Lipinski definition) is 0. The Hall–Kier alpha value is -9.82. The number of fused-ring (bicyclic) bond motifs is 8. The van der Waals surface area contributed by atoms with E-state index in [1.54, 1.807) is 0 Å². The lowest BCUT2D eigenvalue weighted by atomic mass is 10.0. The number of rotatable bonds is 8. The molecule has 0 radical (unpaired) electrons. The van der Waals surface area contributed by atoms with Gasteiger partial charge in [-0.3, -0.25) is 0 Å². The van der Waals surface area contributed by atoms with Gasteiger partial charge in [0.2, 0.25) is 0 Å². The van der Waals surface area contributed by atoms with Crippen molar-refractivity contribution in [3.8, 4) is 45.5 Å². The van der Waals surface area contributed by atoms with E-state index in [-0.39, 0.29) is 0 Å². The number of nitrogens with zero attached hydrogens (tertiary/aromatic N) is 6. The van der Waals surface area contributed by atoms with Crippen LogP contribution in [0.25, 0.3) is 89.2 Å². The first kappa shape index (κ1) is 43.7. The van der Waals surface area contributed by atoms with Crippen LogP contribution in [0, 0.1) is 0 Å². The van der Waals surface area contributed by atoms with Crippen molar-refractivity contribution in [2.75, 3.05) is 4.90 Å². The SMILES string of the molecule is c1ccc(-c2nc(-c3ccccc3)nc(-c3cc(-n4c5ccccc5c5ccccc54)c(N4c5ccccc5S(c5ccccc5)(c5ccccc5)c5ccccc54)c(-n4c5ccccc5c5ccccc54)c3)n2)cc1. The lowest BCUT2D eigenvalue weighted by molar-refractivity contribution is 1.05. The molecule has 14 aromatic rings. The molecule has 0 atom stereocenters. The predicted octanol–water partition coefficient (Wildman–Crippen LogP) is 18.2. The van der Waals surface area contributed by atoms with Gasteiger partial charge in [-0.1, -0.05) is 194 Å². The largest absolute Gasteiger partial charge is 0.307 e. The average Bonchev–Trinajstić information content (AvgIpc) is 4.11. The van der Waals surface area contributed by atoms with Gasteiger partial charge in [-0.05, 0) is 84.9 Å². The average molecular weight is 991 g/mol. The predicted molar refractivity (Wildman–Crippen MR) is 313 cm³/mol. The summed E-state index contributed by atoms with van der Waals surface area (Å²) in [4.78, 5) is 23.7. The molecule has 1 aliphatic heterocycles. The van der Waals surface area contributed by atoms with Gasteiger partial charge < -0.3 is 14.0 Å². The zero-order valence-electron chi connectivity index (χ0n) is 41.1. The Balaban J connectivity index is 1.15. The van der Waals surface area contributed by atoms with Gasteiger partial charge in [-0.15, -0.1) is 10.0 Å². The van der Waals surface area contributed by atoms with Gasteiger partial charge in [-0.2, -0.15) is 0 Å². The normalized spacial score (nSPS) is 13.2. The number of hydrogen-bond acceptors (Lipinski definition) is 4. The van der Waals surface area contributed by atoms with Crippen LogP contribution >= 0.6 is 10.0 Å². The summed E-state index contributed by atoms with van der Waals surface area (Å²) in [5.74, 6) is 1.77. The first-order chi connectivity index (χ1) is 37.7. The van der Waals surface area contributed by atoms with Crippen LogP contribution in [0.1, 0.15) is 0 Å². The molecule has 7 heteroatoms. The van der Waals surface area contributed by atoms with Gasteiger partial charge in [0.25, 0.3) is 0 Å². The molecule has 11 aromatic carbocycles.